The largest absolute Gasteiger partial charge is 0.392 e. The molecule has 0 heterocycles. The first-order chi connectivity index (χ1) is 5.00. The van der Waals surface area contributed by atoms with Gasteiger partial charge in [-0.2, -0.15) is 0 Å². The first-order valence-electron chi connectivity index (χ1n) is 3.90. The SMILES string of the molecule is CC[C@H](O)[C@H](C)C(=S)N(C)C. The second kappa shape index (κ2) is 4.67. The molecular weight excluding hydrogens is 158 g/mol. The zero-order valence-electron chi connectivity index (χ0n) is 7.66. The molecule has 0 aliphatic carbocycles. The molecule has 0 aliphatic heterocycles. The van der Waals surface area contributed by atoms with E-state index in [9.17, 15) is 5.11 Å². The number of thiocarbonyl (C=S) groups is 1. The first-order valence-corrected chi connectivity index (χ1v) is 4.30. The van der Waals surface area contributed by atoms with Crippen molar-refractivity contribution in [2.75, 3.05) is 14.1 Å². The zero-order chi connectivity index (χ0) is 9.02. The molecule has 66 valence electrons. The molecule has 0 rings (SSSR count). The Morgan fingerprint density at radius 2 is 2.00 bits per heavy atom. The predicted octanol–water partition coefficient (Wildman–Crippen LogP) is 1.28. The molecule has 0 unspecified atom stereocenters. The van der Waals surface area contributed by atoms with E-state index in [1.54, 1.807) is 0 Å². The molecule has 1 N–H and O–H groups in total. The van der Waals surface area contributed by atoms with Crippen LogP contribution in [0.2, 0.25) is 0 Å². The van der Waals surface area contributed by atoms with E-state index in [0.29, 0.717) is 0 Å². The van der Waals surface area contributed by atoms with E-state index < -0.39 is 0 Å². The van der Waals surface area contributed by atoms with Gasteiger partial charge in [-0.1, -0.05) is 26.1 Å². The van der Waals surface area contributed by atoms with Gasteiger partial charge >= 0.3 is 0 Å². The number of hydrogen-bond acceptors (Lipinski definition) is 2. The van der Waals surface area contributed by atoms with Gasteiger partial charge in [-0.05, 0) is 6.42 Å². The van der Waals surface area contributed by atoms with Gasteiger partial charge in [-0.3, -0.25) is 0 Å². The molecule has 3 heteroatoms. The standard InChI is InChI=1S/C8H17NOS/c1-5-7(10)6(2)8(11)9(3)4/h6-7,10H,5H2,1-4H3/t6-,7-/m0/s1. The fourth-order valence-electron chi connectivity index (χ4n) is 0.925. The Morgan fingerprint density at radius 1 is 1.55 bits per heavy atom. The molecule has 2 nitrogen and oxygen atoms in total. The van der Waals surface area contributed by atoms with Crippen LogP contribution < -0.4 is 0 Å². The molecule has 0 aromatic heterocycles. The lowest BCUT2D eigenvalue weighted by molar-refractivity contribution is 0.138. The minimum Gasteiger partial charge on any atom is -0.392 e. The topological polar surface area (TPSA) is 23.5 Å². The van der Waals surface area contributed by atoms with Crippen molar-refractivity contribution in [2.45, 2.75) is 26.4 Å². The van der Waals surface area contributed by atoms with Crippen LogP contribution in [0.1, 0.15) is 20.3 Å². The molecular formula is C8H17NOS. The van der Waals surface area contributed by atoms with Crippen LogP contribution in [-0.4, -0.2) is 35.2 Å². The molecule has 0 fully saturated rings. The van der Waals surface area contributed by atoms with Crippen molar-refractivity contribution in [3.05, 3.63) is 0 Å². The molecule has 0 spiro atoms. The van der Waals surface area contributed by atoms with Gasteiger partial charge < -0.3 is 10.0 Å². The summed E-state index contributed by atoms with van der Waals surface area (Å²) in [6.07, 6.45) is 0.458. The molecule has 0 saturated carbocycles. The molecule has 0 aliphatic rings. The number of hydrogen-bond donors (Lipinski definition) is 1. The van der Waals surface area contributed by atoms with Crippen molar-refractivity contribution >= 4 is 17.2 Å². The second-order valence-corrected chi connectivity index (χ2v) is 3.42. The third kappa shape index (κ3) is 3.16. The van der Waals surface area contributed by atoms with Crippen molar-refractivity contribution in [2.24, 2.45) is 5.92 Å². The number of aliphatic hydroxyl groups is 1. The monoisotopic (exact) mass is 175 g/mol. The van der Waals surface area contributed by atoms with E-state index in [4.69, 9.17) is 12.2 Å². The summed E-state index contributed by atoms with van der Waals surface area (Å²) in [4.78, 5) is 2.69. The molecule has 2 atom stereocenters. The highest BCUT2D eigenvalue weighted by Gasteiger charge is 2.17. The van der Waals surface area contributed by atoms with Crippen LogP contribution in [-0.2, 0) is 0 Å². The van der Waals surface area contributed by atoms with Crippen molar-refractivity contribution < 1.29 is 5.11 Å². The molecule has 0 aromatic carbocycles. The van der Waals surface area contributed by atoms with Crippen LogP contribution in [0.4, 0.5) is 0 Å². The normalized spacial score (nSPS) is 15.7. The fourth-order valence-corrected chi connectivity index (χ4v) is 1.08. The molecule has 0 radical (unpaired) electrons. The minimum atomic E-state index is -0.301. The van der Waals surface area contributed by atoms with E-state index in [0.717, 1.165) is 11.4 Å². The van der Waals surface area contributed by atoms with Gasteiger partial charge in [0.15, 0.2) is 0 Å². The van der Waals surface area contributed by atoms with Crippen molar-refractivity contribution in [1.29, 1.82) is 0 Å². The average molecular weight is 175 g/mol. The minimum absolute atomic E-state index is 0.0880. The van der Waals surface area contributed by atoms with Crippen molar-refractivity contribution in [1.82, 2.24) is 4.90 Å². The van der Waals surface area contributed by atoms with Crippen LogP contribution >= 0.6 is 12.2 Å². The van der Waals surface area contributed by atoms with Gasteiger partial charge in [0, 0.05) is 20.0 Å². The molecule has 11 heavy (non-hydrogen) atoms. The summed E-state index contributed by atoms with van der Waals surface area (Å²) in [6.45, 7) is 3.91. The van der Waals surface area contributed by atoms with E-state index in [1.165, 1.54) is 0 Å². The number of aliphatic hydroxyl groups excluding tert-OH is 1. The summed E-state index contributed by atoms with van der Waals surface area (Å²) in [5.74, 6) is 0.0880. The Kier molecular flexibility index (Phi) is 4.61. The third-order valence-corrected chi connectivity index (χ3v) is 2.56. The molecule has 0 saturated heterocycles. The highest BCUT2D eigenvalue weighted by Crippen LogP contribution is 2.10. The Bertz CT molecular complexity index is 136. The van der Waals surface area contributed by atoms with Crippen LogP contribution in [0.15, 0.2) is 0 Å². The molecule has 0 aromatic rings. The molecule has 0 bridgehead atoms. The lowest BCUT2D eigenvalue weighted by Gasteiger charge is -2.23. The summed E-state index contributed by atoms with van der Waals surface area (Å²) in [6, 6.07) is 0. The van der Waals surface area contributed by atoms with Gasteiger partial charge in [0.25, 0.3) is 0 Å². The Balaban J connectivity index is 4.02. The summed E-state index contributed by atoms with van der Waals surface area (Å²) in [7, 11) is 3.81. The first kappa shape index (κ1) is 10.8. The average Bonchev–Trinajstić information content (AvgIpc) is 2.00. The van der Waals surface area contributed by atoms with E-state index in [-0.39, 0.29) is 12.0 Å². The van der Waals surface area contributed by atoms with Crippen LogP contribution in [0.3, 0.4) is 0 Å². The number of nitrogens with zero attached hydrogens (tertiary/aromatic N) is 1. The van der Waals surface area contributed by atoms with E-state index >= 15 is 0 Å². The van der Waals surface area contributed by atoms with Crippen molar-refractivity contribution in [3.63, 3.8) is 0 Å². The lowest BCUT2D eigenvalue weighted by atomic mass is 10.0. The second-order valence-electron chi connectivity index (χ2n) is 3.00. The predicted molar refractivity (Wildman–Crippen MR) is 51.7 cm³/mol. The summed E-state index contributed by atoms with van der Waals surface area (Å²) in [5, 5.41) is 9.43. The molecule has 0 amide bonds. The maximum Gasteiger partial charge on any atom is 0.0828 e. The van der Waals surface area contributed by atoms with Gasteiger partial charge in [0.05, 0.1) is 11.1 Å². The quantitative estimate of drug-likeness (QED) is 0.654. The van der Waals surface area contributed by atoms with Crippen LogP contribution in [0.5, 0.6) is 0 Å². The maximum absolute atomic E-state index is 9.43. The van der Waals surface area contributed by atoms with Crippen molar-refractivity contribution in [3.8, 4) is 0 Å². The zero-order valence-corrected chi connectivity index (χ0v) is 8.48. The smallest absolute Gasteiger partial charge is 0.0828 e. The summed E-state index contributed by atoms with van der Waals surface area (Å²) < 4.78 is 0. The Hall–Kier alpha value is -0.150. The van der Waals surface area contributed by atoms with Gasteiger partial charge in [-0.25, -0.2) is 0 Å². The Morgan fingerprint density at radius 3 is 2.27 bits per heavy atom. The van der Waals surface area contributed by atoms with Gasteiger partial charge in [-0.15, -0.1) is 0 Å². The van der Waals surface area contributed by atoms with E-state index in [2.05, 4.69) is 0 Å². The van der Waals surface area contributed by atoms with Crippen LogP contribution in [0.25, 0.3) is 0 Å². The summed E-state index contributed by atoms with van der Waals surface area (Å²) >= 11 is 5.11. The number of rotatable bonds is 3. The highest BCUT2D eigenvalue weighted by molar-refractivity contribution is 7.80. The van der Waals surface area contributed by atoms with E-state index in [1.807, 2.05) is 32.8 Å². The maximum atomic E-state index is 9.43. The lowest BCUT2D eigenvalue weighted by Crippen LogP contribution is -2.33. The summed E-state index contributed by atoms with van der Waals surface area (Å²) in [5.41, 5.74) is 0. The van der Waals surface area contributed by atoms with Gasteiger partial charge in [0.2, 0.25) is 0 Å². The Labute approximate surface area is 74.2 Å². The van der Waals surface area contributed by atoms with Crippen LogP contribution in [0, 0.1) is 5.92 Å². The highest BCUT2D eigenvalue weighted by atomic mass is 32.1. The third-order valence-electron chi connectivity index (χ3n) is 1.83. The van der Waals surface area contributed by atoms with Gasteiger partial charge in [0.1, 0.15) is 0 Å². The fraction of sp³-hybridized carbons (Fsp3) is 0.875.